The number of nitrogens with zero attached hydrogens (tertiary/aromatic N) is 2. The zero-order valence-electron chi connectivity index (χ0n) is 33.0. The highest BCUT2D eigenvalue weighted by atomic mass is 16.6. The number of carbonyl (C=O) groups excluding carboxylic acids is 5. The summed E-state index contributed by atoms with van der Waals surface area (Å²) in [4.78, 5) is 104. The molecule has 4 amide bonds. The lowest BCUT2D eigenvalue weighted by atomic mass is 10.0. The topological polar surface area (TPSA) is 341 Å². The average Bonchev–Trinajstić information content (AvgIpc) is 3.24. The van der Waals surface area contributed by atoms with Gasteiger partial charge in [-0.15, -0.1) is 0 Å². The van der Waals surface area contributed by atoms with E-state index in [-0.39, 0.29) is 61.1 Å². The average molecular weight is 854 g/mol. The highest BCUT2D eigenvalue weighted by Gasteiger charge is 2.38. The number of aliphatic carboxylic acids is 2. The van der Waals surface area contributed by atoms with Crippen LogP contribution in [0, 0.1) is 0 Å². The van der Waals surface area contributed by atoms with Crippen LogP contribution in [0.15, 0.2) is 68.8 Å². The molecule has 2 aromatic carbocycles. The van der Waals surface area contributed by atoms with Crippen LogP contribution in [-0.2, 0) is 43.0 Å². The number of carboxylic acids is 2. The molecule has 3 atom stereocenters. The van der Waals surface area contributed by atoms with Crippen molar-refractivity contribution >= 4 is 64.3 Å². The first-order valence-corrected chi connectivity index (χ1v) is 19.1. The van der Waals surface area contributed by atoms with E-state index in [1.54, 1.807) is 12.1 Å². The Morgan fingerprint density at radius 1 is 0.852 bits per heavy atom. The predicted octanol–water partition coefficient (Wildman–Crippen LogP) is -1.75. The predicted molar refractivity (Wildman–Crippen MR) is 216 cm³/mol. The lowest BCUT2D eigenvalue weighted by molar-refractivity contribution is -0.151. The number of nitrogens with one attached hydrogen (secondary N) is 4. The van der Waals surface area contributed by atoms with E-state index >= 15 is 0 Å². The first kappa shape index (κ1) is 46.8. The number of ether oxygens (including phenoxy) is 2. The van der Waals surface area contributed by atoms with Crippen LogP contribution in [0.5, 0.6) is 0 Å². The van der Waals surface area contributed by atoms with Crippen molar-refractivity contribution in [1.29, 1.82) is 0 Å². The monoisotopic (exact) mass is 853 g/mol. The number of rotatable bonds is 22. The summed E-state index contributed by atoms with van der Waals surface area (Å²) < 4.78 is 17.6. The van der Waals surface area contributed by atoms with E-state index in [1.807, 2.05) is 41.7 Å². The van der Waals surface area contributed by atoms with Crippen LogP contribution in [0.2, 0.25) is 0 Å². The molecule has 1 aliphatic heterocycles. The summed E-state index contributed by atoms with van der Waals surface area (Å²) in [7, 11) is 0. The fourth-order valence-corrected chi connectivity index (χ4v) is 6.25. The van der Waals surface area contributed by atoms with Crippen LogP contribution in [0.1, 0.15) is 32.1 Å². The van der Waals surface area contributed by atoms with Crippen LogP contribution in [0.25, 0.3) is 22.1 Å². The molecule has 11 N–H and O–H groups in total. The van der Waals surface area contributed by atoms with Crippen molar-refractivity contribution in [3.8, 4) is 11.1 Å². The summed E-state index contributed by atoms with van der Waals surface area (Å²) >= 11 is 0. The molecule has 3 aromatic rings. The van der Waals surface area contributed by atoms with E-state index in [0.717, 1.165) is 5.56 Å². The van der Waals surface area contributed by atoms with E-state index < -0.39 is 92.1 Å². The smallest absolute Gasteiger partial charge is 0.328 e. The molecule has 1 fully saturated rings. The number of aliphatic hydroxyl groups excluding tert-OH is 1. The maximum atomic E-state index is 13.4. The molecule has 1 aliphatic rings. The SMILES string of the molecule is NC(N)=NCCC[C@H](NC(=O)CCC(=O)OC[N+]1(c2cc(=O)c3cccc(-c4ccccc4)c3o2)CCOCC1)C(=O)NCC(=O)NC(CC(=O)O)C(=O)N[C@@H](CO)C(=O)O. The molecule has 0 radical (unpaired) electrons. The van der Waals surface area contributed by atoms with Gasteiger partial charge in [-0.3, -0.25) is 38.6 Å². The highest BCUT2D eigenvalue weighted by Crippen LogP contribution is 2.33. The van der Waals surface area contributed by atoms with E-state index in [1.165, 1.54) is 6.07 Å². The van der Waals surface area contributed by atoms with Crippen molar-refractivity contribution in [3.63, 3.8) is 0 Å². The number of morpholine rings is 1. The molecule has 0 spiro atoms. The standard InChI is InChI=1S/C39H48N8O14/c40-39(41)42-13-5-10-26(36(55)43-20-31(51)45-27(18-33(52)53)37(56)46-28(21-48)38(57)58)44-30(50)11-12-34(54)60-22-47(14-16-59-17-15-47)32-19-29(49)25-9-4-8-24(35(25)61-32)23-6-2-1-3-7-23/h1-4,6-9,19,26-28,48H,5,10-18,20-22H2,(H9-,40,41,42,43,44,45,46,50,51,52,53,55,56,57,58)/p+1/t26-,27?,28-/m0/s1. The Morgan fingerprint density at radius 3 is 2.21 bits per heavy atom. The lowest BCUT2D eigenvalue weighted by Gasteiger charge is -2.37. The fourth-order valence-electron chi connectivity index (χ4n) is 6.25. The second-order valence-corrected chi connectivity index (χ2v) is 13.9. The number of amides is 4. The summed E-state index contributed by atoms with van der Waals surface area (Å²) in [5, 5.41) is 36.6. The minimum Gasteiger partial charge on any atom is -0.481 e. The molecule has 22 nitrogen and oxygen atoms in total. The molecular formula is C39H49N8O14+. The molecule has 1 unspecified atom stereocenters. The molecule has 0 bridgehead atoms. The van der Waals surface area contributed by atoms with Gasteiger partial charge in [-0.05, 0) is 24.5 Å². The Bertz CT molecular complexity index is 2150. The number of para-hydroxylation sites is 1. The Labute approximate surface area is 347 Å². The summed E-state index contributed by atoms with van der Waals surface area (Å²) in [6, 6.07) is 11.3. The Morgan fingerprint density at radius 2 is 1.56 bits per heavy atom. The van der Waals surface area contributed by atoms with Crippen molar-refractivity contribution in [1.82, 2.24) is 25.8 Å². The first-order chi connectivity index (χ1) is 29.1. The van der Waals surface area contributed by atoms with Gasteiger partial charge in [-0.1, -0.05) is 42.5 Å². The summed E-state index contributed by atoms with van der Waals surface area (Å²) in [6.45, 7) is -0.783. The van der Waals surface area contributed by atoms with Gasteiger partial charge >= 0.3 is 23.8 Å². The third-order valence-electron chi connectivity index (χ3n) is 9.50. The van der Waals surface area contributed by atoms with Gasteiger partial charge in [-0.2, -0.15) is 0 Å². The van der Waals surface area contributed by atoms with E-state index in [0.29, 0.717) is 29.6 Å². The number of esters is 1. The third kappa shape index (κ3) is 13.8. The Balaban J connectivity index is 1.38. The molecule has 22 heteroatoms. The van der Waals surface area contributed by atoms with E-state index in [4.69, 9.17) is 30.5 Å². The molecule has 1 aromatic heterocycles. The van der Waals surface area contributed by atoms with Gasteiger partial charge in [-0.25, -0.2) is 9.28 Å². The molecule has 328 valence electrons. The quantitative estimate of drug-likeness (QED) is 0.0178. The number of carbonyl (C=O) groups is 7. The number of carboxylic acid groups (broad SMARTS) is 2. The molecule has 61 heavy (non-hydrogen) atoms. The van der Waals surface area contributed by atoms with Gasteiger partial charge in [0.15, 0.2) is 17.0 Å². The van der Waals surface area contributed by atoms with Gasteiger partial charge in [0.1, 0.15) is 31.2 Å². The maximum Gasteiger partial charge on any atom is 0.328 e. The molecule has 0 aliphatic carbocycles. The van der Waals surface area contributed by atoms with Crippen LogP contribution in [0.3, 0.4) is 0 Å². The number of hydrogen-bond donors (Lipinski definition) is 9. The molecule has 0 saturated carbocycles. The molecular weight excluding hydrogens is 804 g/mol. The summed E-state index contributed by atoms with van der Waals surface area (Å²) in [5.41, 5.74) is 12.4. The van der Waals surface area contributed by atoms with Gasteiger partial charge < -0.3 is 61.9 Å². The highest BCUT2D eigenvalue weighted by molar-refractivity contribution is 5.95. The second-order valence-electron chi connectivity index (χ2n) is 13.9. The first-order valence-electron chi connectivity index (χ1n) is 19.1. The van der Waals surface area contributed by atoms with Crippen molar-refractivity contribution in [3.05, 3.63) is 64.8 Å². The van der Waals surface area contributed by atoms with Crippen molar-refractivity contribution in [2.45, 2.75) is 50.2 Å². The number of aliphatic hydroxyl groups is 1. The molecule has 4 rings (SSSR count). The van der Waals surface area contributed by atoms with Crippen LogP contribution < -0.4 is 42.6 Å². The van der Waals surface area contributed by atoms with E-state index in [2.05, 4.69) is 20.9 Å². The van der Waals surface area contributed by atoms with Crippen LogP contribution in [-0.4, -0.2) is 134 Å². The number of aliphatic imine (C=N–C) groups is 1. The minimum absolute atomic E-state index is 0.0345. The van der Waals surface area contributed by atoms with Gasteiger partial charge in [0.25, 0.3) is 0 Å². The normalized spacial score (nSPS) is 14.6. The zero-order valence-corrected chi connectivity index (χ0v) is 33.0. The van der Waals surface area contributed by atoms with E-state index in [9.17, 15) is 48.6 Å². The van der Waals surface area contributed by atoms with Gasteiger partial charge in [0.05, 0.1) is 50.7 Å². The van der Waals surface area contributed by atoms with Gasteiger partial charge in [0, 0.05) is 18.5 Å². The van der Waals surface area contributed by atoms with Gasteiger partial charge in [0.2, 0.25) is 30.4 Å². The Kier molecular flexibility index (Phi) is 17.2. The van der Waals surface area contributed by atoms with Crippen LogP contribution in [0.4, 0.5) is 5.88 Å². The van der Waals surface area contributed by atoms with Crippen molar-refractivity contribution in [2.24, 2.45) is 16.5 Å². The summed E-state index contributed by atoms with van der Waals surface area (Å²) in [5.74, 6) is -7.69. The number of guanidine groups is 1. The number of fused-ring (bicyclic) bond motifs is 1. The third-order valence-corrected chi connectivity index (χ3v) is 9.50. The van der Waals surface area contributed by atoms with Crippen LogP contribution >= 0.6 is 0 Å². The number of quaternary nitrogens is 1. The maximum absolute atomic E-state index is 13.4. The number of nitrogens with two attached hydrogens (primary N) is 2. The lowest BCUT2D eigenvalue weighted by Crippen LogP contribution is -2.58. The molecule has 1 saturated heterocycles. The Hall–Kier alpha value is -6.91. The number of benzene rings is 2. The second kappa shape index (κ2) is 22.5. The largest absolute Gasteiger partial charge is 0.481 e. The summed E-state index contributed by atoms with van der Waals surface area (Å²) in [6.07, 6.45) is -1.63. The zero-order chi connectivity index (χ0) is 44.5. The number of hydrogen-bond acceptors (Lipinski definition) is 13. The molecule has 2 heterocycles. The fraction of sp³-hybridized carbons (Fsp3) is 0.410. The van der Waals surface area contributed by atoms with Crippen molar-refractivity contribution < 1.29 is 62.8 Å². The van der Waals surface area contributed by atoms with Crippen molar-refractivity contribution in [2.75, 3.05) is 52.7 Å². The minimum atomic E-state index is -1.78.